The fraction of sp³-hybridized carbons (Fsp3) is 0.857. The zero-order valence-corrected chi connectivity index (χ0v) is 11.6. The maximum atomic E-state index is 5.98. The molecule has 2 saturated heterocycles. The van der Waals surface area contributed by atoms with Crippen molar-refractivity contribution in [2.75, 3.05) is 13.2 Å². The second-order valence-electron chi connectivity index (χ2n) is 6.37. The van der Waals surface area contributed by atoms with E-state index < -0.39 is 0 Å². The van der Waals surface area contributed by atoms with E-state index in [1.165, 1.54) is 25.7 Å². The van der Waals surface area contributed by atoms with Gasteiger partial charge in [0.05, 0.1) is 24.9 Å². The molecule has 0 spiro atoms. The lowest BCUT2D eigenvalue weighted by Crippen LogP contribution is -2.36. The predicted molar refractivity (Wildman–Crippen MR) is 72.2 cm³/mol. The molecule has 110 valence electrons. The molecule has 6 nitrogen and oxygen atoms in total. The standard InChI is InChI=1S/C14H22N4O2/c15-11-7-19-14-12(8-20-13(11)14)18-6-10(16-17-18)5-9-3-1-2-4-9/h6,9,11-14H,1-5,7-8,15H2/t11-,12-,13+,14+/m0/s1. The molecule has 6 heteroatoms. The Balaban J connectivity index is 1.45. The van der Waals surface area contributed by atoms with Gasteiger partial charge >= 0.3 is 0 Å². The minimum atomic E-state index is -0.00789. The van der Waals surface area contributed by atoms with Gasteiger partial charge in [-0.05, 0) is 12.3 Å². The van der Waals surface area contributed by atoms with Crippen molar-refractivity contribution in [2.24, 2.45) is 11.7 Å². The van der Waals surface area contributed by atoms with Crippen LogP contribution in [0.3, 0.4) is 0 Å². The third-order valence-corrected chi connectivity index (χ3v) is 4.94. The SMILES string of the molecule is N[C@H]1CO[C@H]2[C@@H]1OC[C@@H]2n1cc(CC2CCCC2)nn1. The Morgan fingerprint density at radius 1 is 1.20 bits per heavy atom. The van der Waals surface area contributed by atoms with Gasteiger partial charge in [-0.25, -0.2) is 4.68 Å². The van der Waals surface area contributed by atoms with Crippen molar-refractivity contribution in [1.29, 1.82) is 0 Å². The highest BCUT2D eigenvalue weighted by Crippen LogP contribution is 2.33. The van der Waals surface area contributed by atoms with E-state index in [2.05, 4.69) is 16.5 Å². The molecule has 2 aliphatic heterocycles. The molecule has 0 unspecified atom stereocenters. The average molecular weight is 278 g/mol. The highest BCUT2D eigenvalue weighted by molar-refractivity contribution is 5.02. The number of rotatable bonds is 3. The van der Waals surface area contributed by atoms with E-state index >= 15 is 0 Å². The summed E-state index contributed by atoms with van der Waals surface area (Å²) in [5.74, 6) is 0.795. The Bertz CT molecular complexity index is 471. The lowest BCUT2D eigenvalue weighted by atomic mass is 10.0. The van der Waals surface area contributed by atoms with Crippen molar-refractivity contribution in [1.82, 2.24) is 15.0 Å². The molecule has 1 aromatic rings. The molecule has 3 aliphatic rings. The van der Waals surface area contributed by atoms with Crippen LogP contribution >= 0.6 is 0 Å². The van der Waals surface area contributed by atoms with Crippen LogP contribution in [-0.4, -0.2) is 46.5 Å². The monoisotopic (exact) mass is 278 g/mol. The fourth-order valence-corrected chi connectivity index (χ4v) is 3.81. The molecule has 3 heterocycles. The number of fused-ring (bicyclic) bond motifs is 1. The normalized spacial score (nSPS) is 37.6. The second-order valence-corrected chi connectivity index (χ2v) is 6.37. The van der Waals surface area contributed by atoms with E-state index in [1.807, 2.05) is 4.68 Å². The summed E-state index contributed by atoms with van der Waals surface area (Å²) in [5, 5.41) is 8.62. The van der Waals surface area contributed by atoms with Crippen LogP contribution < -0.4 is 5.73 Å². The molecule has 0 aromatic carbocycles. The number of hydrogen-bond acceptors (Lipinski definition) is 5. The van der Waals surface area contributed by atoms with E-state index in [0.717, 1.165) is 18.0 Å². The molecular weight excluding hydrogens is 256 g/mol. The Labute approximate surface area is 118 Å². The van der Waals surface area contributed by atoms with Gasteiger partial charge in [0, 0.05) is 6.20 Å². The Hall–Kier alpha value is -0.980. The topological polar surface area (TPSA) is 75.2 Å². The summed E-state index contributed by atoms with van der Waals surface area (Å²) in [6.07, 6.45) is 8.58. The van der Waals surface area contributed by atoms with Crippen LogP contribution in [0.15, 0.2) is 6.20 Å². The van der Waals surface area contributed by atoms with Gasteiger partial charge < -0.3 is 15.2 Å². The summed E-state index contributed by atoms with van der Waals surface area (Å²) < 4.78 is 13.4. The van der Waals surface area contributed by atoms with E-state index in [0.29, 0.717) is 13.2 Å². The molecule has 20 heavy (non-hydrogen) atoms. The lowest BCUT2D eigenvalue weighted by molar-refractivity contribution is 0.0627. The highest BCUT2D eigenvalue weighted by Gasteiger charge is 2.47. The first kappa shape index (κ1) is 12.7. The van der Waals surface area contributed by atoms with Gasteiger partial charge in [-0.1, -0.05) is 30.9 Å². The number of ether oxygens (including phenoxy) is 2. The third kappa shape index (κ3) is 2.16. The summed E-state index contributed by atoms with van der Waals surface area (Å²) in [6.45, 7) is 1.20. The Kier molecular flexibility index (Phi) is 3.24. The van der Waals surface area contributed by atoms with Crippen LogP contribution in [0.1, 0.15) is 37.4 Å². The van der Waals surface area contributed by atoms with Crippen molar-refractivity contribution >= 4 is 0 Å². The molecule has 0 radical (unpaired) electrons. The molecule has 2 N–H and O–H groups in total. The van der Waals surface area contributed by atoms with Crippen molar-refractivity contribution in [3.63, 3.8) is 0 Å². The maximum absolute atomic E-state index is 5.98. The van der Waals surface area contributed by atoms with Crippen LogP contribution in [0.4, 0.5) is 0 Å². The first-order valence-electron chi connectivity index (χ1n) is 7.71. The average Bonchev–Trinajstić information content (AvgIpc) is 3.17. The summed E-state index contributed by atoms with van der Waals surface area (Å²) in [5.41, 5.74) is 7.08. The molecule has 0 amide bonds. The first-order chi connectivity index (χ1) is 9.81. The molecule has 4 rings (SSSR count). The van der Waals surface area contributed by atoms with Gasteiger partial charge in [-0.15, -0.1) is 5.10 Å². The van der Waals surface area contributed by atoms with Gasteiger partial charge in [-0.2, -0.15) is 0 Å². The van der Waals surface area contributed by atoms with E-state index in [4.69, 9.17) is 15.2 Å². The van der Waals surface area contributed by atoms with Gasteiger partial charge in [-0.3, -0.25) is 0 Å². The van der Waals surface area contributed by atoms with Crippen molar-refractivity contribution in [2.45, 2.75) is 56.4 Å². The second kappa shape index (κ2) is 5.09. The molecule has 1 saturated carbocycles. The summed E-state index contributed by atoms with van der Waals surface area (Å²) in [4.78, 5) is 0. The summed E-state index contributed by atoms with van der Waals surface area (Å²) in [7, 11) is 0. The third-order valence-electron chi connectivity index (χ3n) is 4.94. The zero-order chi connectivity index (χ0) is 13.5. The Morgan fingerprint density at radius 2 is 2.00 bits per heavy atom. The minimum Gasteiger partial charge on any atom is -0.371 e. The minimum absolute atomic E-state index is 0.00789. The number of nitrogens with zero attached hydrogens (tertiary/aromatic N) is 3. The number of aromatic nitrogens is 3. The van der Waals surface area contributed by atoms with E-state index in [-0.39, 0.29) is 24.3 Å². The first-order valence-corrected chi connectivity index (χ1v) is 7.71. The van der Waals surface area contributed by atoms with Crippen LogP contribution in [0.2, 0.25) is 0 Å². The number of hydrogen-bond donors (Lipinski definition) is 1. The highest BCUT2D eigenvalue weighted by atomic mass is 16.6. The van der Waals surface area contributed by atoms with E-state index in [1.54, 1.807) is 0 Å². The maximum Gasteiger partial charge on any atom is 0.110 e. The largest absolute Gasteiger partial charge is 0.371 e. The van der Waals surface area contributed by atoms with Gasteiger partial charge in [0.25, 0.3) is 0 Å². The lowest BCUT2D eigenvalue weighted by Gasteiger charge is -2.15. The summed E-state index contributed by atoms with van der Waals surface area (Å²) in [6, 6.07) is 0.116. The molecule has 4 atom stereocenters. The van der Waals surface area contributed by atoms with Crippen LogP contribution in [0, 0.1) is 5.92 Å². The smallest absolute Gasteiger partial charge is 0.110 e. The summed E-state index contributed by atoms with van der Waals surface area (Å²) >= 11 is 0. The molecule has 3 fully saturated rings. The molecule has 1 aliphatic carbocycles. The van der Waals surface area contributed by atoms with E-state index in [9.17, 15) is 0 Å². The zero-order valence-electron chi connectivity index (χ0n) is 11.6. The molecule has 0 bridgehead atoms. The van der Waals surface area contributed by atoms with Crippen molar-refractivity contribution < 1.29 is 9.47 Å². The van der Waals surface area contributed by atoms with Crippen LogP contribution in [0.5, 0.6) is 0 Å². The van der Waals surface area contributed by atoms with Crippen molar-refractivity contribution in [3.8, 4) is 0 Å². The number of nitrogens with two attached hydrogens (primary N) is 1. The van der Waals surface area contributed by atoms with Crippen molar-refractivity contribution in [3.05, 3.63) is 11.9 Å². The fourth-order valence-electron chi connectivity index (χ4n) is 3.81. The predicted octanol–water partition coefficient (Wildman–Crippen LogP) is 0.677. The van der Waals surface area contributed by atoms with Crippen LogP contribution in [-0.2, 0) is 15.9 Å². The van der Waals surface area contributed by atoms with Crippen LogP contribution in [0.25, 0.3) is 0 Å². The quantitative estimate of drug-likeness (QED) is 0.880. The molecular formula is C14H22N4O2. The Morgan fingerprint density at radius 3 is 2.85 bits per heavy atom. The molecule has 1 aromatic heterocycles. The van der Waals surface area contributed by atoms with Gasteiger partial charge in [0.15, 0.2) is 0 Å². The van der Waals surface area contributed by atoms with Gasteiger partial charge in [0.1, 0.15) is 18.2 Å². The van der Waals surface area contributed by atoms with Gasteiger partial charge in [0.2, 0.25) is 0 Å².